The molecule has 0 bridgehead atoms. The van der Waals surface area contributed by atoms with Crippen LogP contribution < -0.4 is 9.80 Å². The summed E-state index contributed by atoms with van der Waals surface area (Å²) in [4.78, 5) is 9.95. The predicted octanol–water partition coefficient (Wildman–Crippen LogP) is 21.4. The van der Waals surface area contributed by atoms with Gasteiger partial charge < -0.3 is 9.80 Å². The SMILES string of the molecule is Cc1ccc(N(c2ccc(C)cc2)c2cccc(-c3c(C)cc(-c4cccc(S(c5ccccc5)(c5ccccc5)c5cc(C)c(-c6cccc(N(c7ccc(C)cc7)c7ccc(C)cc7)c6)c(C)c5)c4)cc3C)c2)cc1. The molecule has 0 aliphatic carbocycles. The number of rotatable bonds is 13. The molecule has 3 heteroatoms. The van der Waals surface area contributed by atoms with Gasteiger partial charge in [-0.1, -0.05) is 156 Å². The Morgan fingerprint density at radius 2 is 0.545 bits per heavy atom. The first kappa shape index (κ1) is 50.5. The van der Waals surface area contributed by atoms with E-state index in [0.29, 0.717) is 0 Å². The van der Waals surface area contributed by atoms with Crippen LogP contribution in [0.4, 0.5) is 34.1 Å². The second-order valence-corrected chi connectivity index (χ2v) is 23.9. The van der Waals surface area contributed by atoms with Crippen LogP contribution in [0.1, 0.15) is 44.5 Å². The molecular weight excluding hydrogens is 949 g/mol. The quantitative estimate of drug-likeness (QED) is 0.114. The monoisotopic (exact) mass is 1010 g/mol. The highest BCUT2D eigenvalue weighted by Crippen LogP contribution is 2.74. The van der Waals surface area contributed by atoms with Crippen LogP contribution in [0.3, 0.4) is 0 Å². The summed E-state index contributed by atoms with van der Waals surface area (Å²) in [6.45, 7) is 17.7. The molecule has 77 heavy (non-hydrogen) atoms. The minimum Gasteiger partial charge on any atom is -0.310 e. The minimum atomic E-state index is -2.03. The first-order chi connectivity index (χ1) is 37.4. The Bertz CT molecular complexity index is 3680. The van der Waals surface area contributed by atoms with Gasteiger partial charge in [-0.2, -0.15) is 0 Å². The molecule has 0 aromatic heterocycles. The summed E-state index contributed by atoms with van der Waals surface area (Å²) in [6.07, 6.45) is 0. The second kappa shape index (κ2) is 21.5. The summed E-state index contributed by atoms with van der Waals surface area (Å²) in [5.41, 5.74) is 24.1. The van der Waals surface area contributed by atoms with Gasteiger partial charge >= 0.3 is 0 Å². The number of aryl methyl sites for hydroxylation is 8. The topological polar surface area (TPSA) is 6.48 Å². The second-order valence-electron chi connectivity index (χ2n) is 20.8. The van der Waals surface area contributed by atoms with Crippen LogP contribution in [-0.2, 0) is 0 Å². The van der Waals surface area contributed by atoms with Gasteiger partial charge in [0.2, 0.25) is 0 Å². The Morgan fingerprint density at radius 1 is 0.221 bits per heavy atom. The number of anilines is 6. The Balaban J connectivity index is 1.01. The molecule has 11 rings (SSSR count). The lowest BCUT2D eigenvalue weighted by atomic mass is 9.91. The lowest BCUT2D eigenvalue weighted by molar-refractivity contribution is 1.21. The molecule has 0 spiro atoms. The zero-order valence-electron chi connectivity index (χ0n) is 45.6. The molecule has 0 saturated carbocycles. The fourth-order valence-electron chi connectivity index (χ4n) is 11.3. The van der Waals surface area contributed by atoms with Crippen LogP contribution >= 0.6 is 10.0 Å². The molecule has 0 N–H and O–H groups in total. The summed E-state index contributed by atoms with van der Waals surface area (Å²) in [7, 11) is -2.03. The molecule has 0 amide bonds. The molecule has 0 atom stereocenters. The molecule has 0 fully saturated rings. The fourth-order valence-corrected chi connectivity index (χ4v) is 15.4. The number of hydrogen-bond acceptors (Lipinski definition) is 2. The highest BCUT2D eigenvalue weighted by Gasteiger charge is 2.34. The van der Waals surface area contributed by atoms with Crippen molar-refractivity contribution >= 4 is 44.2 Å². The van der Waals surface area contributed by atoms with Crippen molar-refractivity contribution < 1.29 is 0 Å². The van der Waals surface area contributed by atoms with Gasteiger partial charge in [-0.3, -0.25) is 0 Å². The van der Waals surface area contributed by atoms with Crippen molar-refractivity contribution in [1.82, 2.24) is 0 Å². The average Bonchev–Trinajstić information content (AvgIpc) is 3.49. The van der Waals surface area contributed by atoms with Crippen molar-refractivity contribution in [2.24, 2.45) is 0 Å². The minimum absolute atomic E-state index is 1.12. The smallest absolute Gasteiger partial charge is 0.0467 e. The van der Waals surface area contributed by atoms with Gasteiger partial charge in [-0.05, 0) is 232 Å². The van der Waals surface area contributed by atoms with Gasteiger partial charge in [0.15, 0.2) is 0 Å². The van der Waals surface area contributed by atoms with Crippen LogP contribution in [0.2, 0.25) is 0 Å². The van der Waals surface area contributed by atoms with Crippen LogP contribution in [0, 0.1) is 55.4 Å². The molecule has 0 saturated heterocycles. The van der Waals surface area contributed by atoms with E-state index in [9.17, 15) is 0 Å². The molecule has 0 unspecified atom stereocenters. The number of hydrogen-bond donors (Lipinski definition) is 0. The Labute approximate surface area is 459 Å². The van der Waals surface area contributed by atoms with E-state index in [4.69, 9.17) is 0 Å². The average molecular weight is 1020 g/mol. The Kier molecular flexibility index (Phi) is 14.1. The first-order valence-electron chi connectivity index (χ1n) is 26.8. The number of nitrogens with zero attached hydrogens (tertiary/aromatic N) is 2. The van der Waals surface area contributed by atoms with Crippen LogP contribution in [-0.4, -0.2) is 0 Å². The molecule has 0 aliphatic rings. The first-order valence-corrected chi connectivity index (χ1v) is 28.4. The molecule has 0 aliphatic heterocycles. The zero-order chi connectivity index (χ0) is 53.2. The van der Waals surface area contributed by atoms with Gasteiger partial charge in [-0.15, -0.1) is 10.0 Å². The third-order valence-electron chi connectivity index (χ3n) is 15.1. The lowest BCUT2D eigenvalue weighted by Crippen LogP contribution is -2.10. The third-order valence-corrected chi connectivity index (χ3v) is 18.9. The zero-order valence-corrected chi connectivity index (χ0v) is 46.4. The van der Waals surface area contributed by atoms with Gasteiger partial charge in [0, 0.05) is 53.7 Å². The van der Waals surface area contributed by atoms with E-state index in [0.717, 1.165) is 34.1 Å². The molecule has 2 nitrogen and oxygen atoms in total. The van der Waals surface area contributed by atoms with Crippen LogP contribution in [0.15, 0.2) is 274 Å². The highest BCUT2D eigenvalue weighted by atomic mass is 32.3. The van der Waals surface area contributed by atoms with Gasteiger partial charge in [0.25, 0.3) is 0 Å². The summed E-state index contributed by atoms with van der Waals surface area (Å²) in [6, 6.07) is 95.2. The summed E-state index contributed by atoms with van der Waals surface area (Å²) >= 11 is 0. The van der Waals surface area contributed by atoms with E-state index in [1.165, 1.54) is 97.5 Å². The lowest BCUT2D eigenvalue weighted by Gasteiger charge is -2.43. The van der Waals surface area contributed by atoms with Crippen molar-refractivity contribution in [3.8, 4) is 33.4 Å². The molecule has 0 heterocycles. The third kappa shape index (κ3) is 10.0. The maximum absolute atomic E-state index is 2.49. The van der Waals surface area contributed by atoms with Crippen molar-refractivity contribution in [1.29, 1.82) is 0 Å². The predicted molar refractivity (Wildman–Crippen MR) is 330 cm³/mol. The standard InChI is InChI=1S/C74H66N2S/c1-51-28-36-63(37-29-51)75(64-38-30-52(2)31-39-64)67-21-15-19-60(48-67)73-55(5)44-62(45-56(73)6)59-18-17-27-71(50-59)77(69-23-11-9-12-24-69,70-25-13-10-14-26-70)72-46-57(7)74(58(8)47-72)61-20-16-22-68(49-61)76(65-40-32-53(3)33-41-65)66-42-34-54(4)35-43-66/h9-50H,1-8H3. The summed E-state index contributed by atoms with van der Waals surface area (Å²) in [5.74, 6) is 0. The molecule has 378 valence electrons. The Morgan fingerprint density at radius 3 is 0.922 bits per heavy atom. The molecular formula is C74H66N2S. The Hall–Kier alpha value is -8.63. The van der Waals surface area contributed by atoms with E-state index in [2.05, 4.69) is 320 Å². The van der Waals surface area contributed by atoms with Crippen LogP contribution in [0.5, 0.6) is 0 Å². The molecule has 11 aromatic rings. The van der Waals surface area contributed by atoms with Gasteiger partial charge in [0.1, 0.15) is 0 Å². The van der Waals surface area contributed by atoms with Crippen LogP contribution in [0.25, 0.3) is 33.4 Å². The van der Waals surface area contributed by atoms with E-state index < -0.39 is 10.0 Å². The molecule has 11 aromatic carbocycles. The largest absolute Gasteiger partial charge is 0.310 e. The number of benzene rings is 11. The fraction of sp³-hybridized carbons (Fsp3) is 0.108. The maximum atomic E-state index is 2.49. The maximum Gasteiger partial charge on any atom is 0.0467 e. The van der Waals surface area contributed by atoms with Crippen molar-refractivity contribution in [2.75, 3.05) is 9.80 Å². The van der Waals surface area contributed by atoms with E-state index in [-0.39, 0.29) is 0 Å². The van der Waals surface area contributed by atoms with Crippen molar-refractivity contribution in [3.63, 3.8) is 0 Å². The summed E-state index contributed by atoms with van der Waals surface area (Å²) < 4.78 is 0. The van der Waals surface area contributed by atoms with E-state index in [1.54, 1.807) is 0 Å². The van der Waals surface area contributed by atoms with Crippen molar-refractivity contribution in [3.05, 3.63) is 299 Å². The molecule has 0 radical (unpaired) electrons. The van der Waals surface area contributed by atoms with E-state index in [1.807, 2.05) is 0 Å². The summed E-state index contributed by atoms with van der Waals surface area (Å²) in [5, 5.41) is 0. The highest BCUT2D eigenvalue weighted by molar-refractivity contribution is 8.34. The van der Waals surface area contributed by atoms with E-state index >= 15 is 0 Å². The van der Waals surface area contributed by atoms with Gasteiger partial charge in [-0.25, -0.2) is 0 Å². The van der Waals surface area contributed by atoms with Gasteiger partial charge in [0.05, 0.1) is 0 Å². The van der Waals surface area contributed by atoms with Crippen molar-refractivity contribution in [2.45, 2.75) is 75.0 Å². The normalized spacial score (nSPS) is 11.6.